The molecule has 45 nitrogen and oxygen atoms in total. The smallest absolute Gasteiger partial charge is 0.341 e. The normalized spacial score (nSPS) is 10.9. The van der Waals surface area contributed by atoms with Gasteiger partial charge in [0.15, 0.2) is 5.69 Å². The van der Waals surface area contributed by atoms with Crippen molar-refractivity contribution in [1.82, 2.24) is 70.0 Å². The Morgan fingerprint density at radius 1 is 0.403 bits per heavy atom. The predicted octanol–water partition coefficient (Wildman–Crippen LogP) is 12.3. The minimum atomic E-state index is -1.14. The van der Waals surface area contributed by atoms with Crippen LogP contribution in [0.5, 0.6) is 0 Å². The third kappa shape index (κ3) is 29.6. The van der Waals surface area contributed by atoms with Gasteiger partial charge in [0.1, 0.15) is 52.4 Å². The van der Waals surface area contributed by atoms with E-state index in [1.807, 2.05) is 49.4 Å². The molecule has 0 radical (unpaired) electrons. The van der Waals surface area contributed by atoms with Gasteiger partial charge >= 0.3 is 29.3 Å². The molecule has 13 aromatic rings. The Bertz CT molecular complexity index is 6630. The van der Waals surface area contributed by atoms with Gasteiger partial charge in [-0.25, -0.2) is 74.2 Å². The molecule has 1 fully saturated rings. The number of hydrogen-bond donors (Lipinski definition) is 11. The number of carboxylic acid groups (broad SMARTS) is 1. The Kier molecular flexibility index (Phi) is 37.1. The van der Waals surface area contributed by atoms with Crippen molar-refractivity contribution >= 4 is 99.7 Å². The van der Waals surface area contributed by atoms with Crippen molar-refractivity contribution < 1.29 is 58.1 Å². The summed E-state index contributed by atoms with van der Waals surface area (Å²) in [4.78, 5) is 145. The first-order valence-corrected chi connectivity index (χ1v) is 42.8. The number of morpholine rings is 1. The Hall–Kier alpha value is -19.3. The number of nitriles is 4. The number of hydrogen-bond acceptors (Lipinski definition) is 39. The molecule has 2 amide bonds. The van der Waals surface area contributed by atoms with Crippen molar-refractivity contribution in [2.75, 3.05) is 146 Å². The van der Waals surface area contributed by atoms with Crippen molar-refractivity contribution in [3.8, 4) is 69.3 Å². The highest BCUT2D eigenvalue weighted by Gasteiger charge is 2.25. The van der Waals surface area contributed by atoms with Crippen LogP contribution in [0.3, 0.4) is 0 Å². The van der Waals surface area contributed by atoms with Gasteiger partial charge in [0.25, 0.3) is 17.5 Å². The van der Waals surface area contributed by atoms with E-state index in [2.05, 4.69) is 125 Å². The van der Waals surface area contributed by atoms with Crippen LogP contribution in [0.4, 0.5) is 69.9 Å². The second kappa shape index (κ2) is 51.5. The molecule has 0 aliphatic carbocycles. The summed E-state index contributed by atoms with van der Waals surface area (Å²) >= 11 is 0. The van der Waals surface area contributed by atoms with Gasteiger partial charge in [-0.15, -0.1) is 0 Å². The molecule has 0 saturated carbocycles. The summed E-state index contributed by atoms with van der Waals surface area (Å²) in [5.41, 5.74) is 7.36. The number of nitrogens with zero attached hydrogens (tertiary/aromatic N) is 20. The molecule has 0 atom stereocenters. The number of pyridine rings is 4. The van der Waals surface area contributed by atoms with E-state index in [0.29, 0.717) is 188 Å². The number of rotatable bonds is 38. The summed E-state index contributed by atoms with van der Waals surface area (Å²) in [6, 6.07) is 56.6. The molecule has 8 aromatic heterocycles. The lowest BCUT2D eigenvalue weighted by molar-refractivity contribution is -0.385. The second-order valence-electron chi connectivity index (χ2n) is 28.9. The van der Waals surface area contributed by atoms with E-state index in [4.69, 9.17) is 35.3 Å². The number of ether oxygens (including phenoxy) is 3. The van der Waals surface area contributed by atoms with E-state index in [1.54, 1.807) is 152 Å². The van der Waals surface area contributed by atoms with Crippen molar-refractivity contribution in [1.29, 1.82) is 21.0 Å². The molecule has 0 unspecified atom stereocenters. The second-order valence-corrected chi connectivity index (χ2v) is 28.9. The number of benzene rings is 5. The minimum absolute atomic E-state index is 0.0331. The molecule has 1 saturated heterocycles. The molecule has 9 heterocycles. The molecule has 45 heteroatoms. The summed E-state index contributed by atoms with van der Waals surface area (Å²) in [6.07, 6.45) is 9.41. The number of anilines is 9. The number of carboxylic acids is 1. The Balaban J connectivity index is 0.000000178. The number of esters is 2. The maximum absolute atomic E-state index is 12.5. The van der Waals surface area contributed by atoms with Crippen LogP contribution in [0.15, 0.2) is 219 Å². The van der Waals surface area contributed by atoms with E-state index in [-0.39, 0.29) is 93.8 Å². The van der Waals surface area contributed by atoms with Crippen LogP contribution in [-0.4, -0.2) is 213 Å². The molecule has 5 aromatic carbocycles. The molecule has 11 N–H and O–H groups in total. The number of amides is 2. The molecule has 1 aliphatic rings. The van der Waals surface area contributed by atoms with Crippen LogP contribution in [-0.2, 0) is 20.8 Å². The lowest BCUT2D eigenvalue weighted by atomic mass is 10.1. The quantitative estimate of drug-likeness (QED) is 0.00741. The fourth-order valence-corrected chi connectivity index (χ4v) is 12.7. The van der Waals surface area contributed by atoms with Crippen LogP contribution in [0.2, 0.25) is 0 Å². The predicted molar refractivity (Wildman–Crippen MR) is 511 cm³/mol. The molecule has 14 rings (SSSR count). The maximum atomic E-state index is 12.5. The number of nitrogens with one attached hydrogen (secondary N) is 10. The lowest BCUT2D eigenvalue weighted by Crippen LogP contribution is -2.40. The maximum Gasteiger partial charge on any atom is 0.341 e. The first kappa shape index (κ1) is 100. The largest absolute Gasteiger partial charge is 0.478 e. The molecule has 0 spiro atoms. The molecule has 704 valence electrons. The lowest BCUT2D eigenvalue weighted by Gasteiger charge is -2.26. The van der Waals surface area contributed by atoms with E-state index < -0.39 is 32.7 Å². The summed E-state index contributed by atoms with van der Waals surface area (Å²) in [5, 5.41) is 109. The summed E-state index contributed by atoms with van der Waals surface area (Å²) in [6.45, 7) is 12.4. The van der Waals surface area contributed by atoms with Crippen LogP contribution < -0.4 is 53.2 Å². The minimum Gasteiger partial charge on any atom is -0.478 e. The summed E-state index contributed by atoms with van der Waals surface area (Å²) < 4.78 is 15.5. The molecule has 0 bridgehead atoms. The number of carbonyl (C=O) groups is 5. The average molecular weight is 1880 g/mol. The number of nitro groups is 3. The first-order chi connectivity index (χ1) is 67.5. The van der Waals surface area contributed by atoms with Crippen LogP contribution in [0, 0.1) is 75.7 Å². The van der Waals surface area contributed by atoms with Crippen molar-refractivity contribution in [2.24, 2.45) is 0 Å². The van der Waals surface area contributed by atoms with Crippen LogP contribution >= 0.6 is 0 Å². The molecule has 139 heavy (non-hydrogen) atoms. The highest BCUT2D eigenvalue weighted by atomic mass is 16.6. The van der Waals surface area contributed by atoms with Gasteiger partial charge in [0, 0.05) is 144 Å². The number of carbonyl (C=O) groups excluding carboxylic acids is 4. The highest BCUT2D eigenvalue weighted by Crippen LogP contribution is 2.32. The summed E-state index contributed by atoms with van der Waals surface area (Å²) in [7, 11) is 0. The van der Waals surface area contributed by atoms with E-state index in [0.717, 1.165) is 18.0 Å². The van der Waals surface area contributed by atoms with E-state index in [9.17, 15) is 59.4 Å². The van der Waals surface area contributed by atoms with E-state index in [1.165, 1.54) is 43.0 Å². The Morgan fingerprint density at radius 2 is 0.784 bits per heavy atom. The molecule has 1 aliphatic heterocycles. The zero-order valence-electron chi connectivity index (χ0n) is 74.7. The van der Waals surface area contributed by atoms with Crippen LogP contribution in [0.1, 0.15) is 100 Å². The topological polar surface area (TPSA) is 636 Å². The van der Waals surface area contributed by atoms with Gasteiger partial charge in [-0.2, -0.15) is 21.0 Å². The fourth-order valence-electron chi connectivity index (χ4n) is 12.7. The molecular formula is C94H88N30O15. The van der Waals surface area contributed by atoms with E-state index >= 15 is 0 Å². The standard InChI is InChI=1S/C28H26N8O4.C24H23N7O4.C24H25N7O3.C18H14N8O4/c1-2-40-27(37)22-18-33-28(35-25(22)21-10-8-19(16-29)9-11-21)31-15-14-30-24-13-12-23(36(38)39)26(34-24)32-17-20-6-4-3-5-7-20;25-13-16-1-3-17(4-2-16)21-19(23(33)34)15-29-24(30-21)27-8-7-26-20-6-5-18(14-28-20)22(32)31-9-11-35-12-10-31;1-3-26-22(32)18-9-10-20(29-14-18)27-11-12-28-24-30-15-19(23(33)34-4-2)21(31-24)17-7-5-16(13-25)6-8-17;19-9-12-1-3-13(4-2-12)17-15(26(29)30)11-23-18(24-17)21-8-7-20-16-6-5-14(10-22-16)25(27)28/h3-13,18H,2,14-15,17H2,1H3,(H2,30,32,34)(H,31,33,35);1-6,14-15H,7-12H2,(H,26,28)(H,33,34)(H,27,29,30);5-10,14-15H,3-4,11-12H2,1-2H3,(H,26,32)(H,27,29)(H,28,30,31);1-6,10-11H,7-8H2,(H,20,22)(H,21,23,24). The van der Waals surface area contributed by atoms with Gasteiger partial charge in [0.05, 0.1) is 116 Å². The SMILES string of the molecule is CCNC(=O)c1ccc(NCCNc2ncc(C(=O)OCC)c(-c3ccc(C#N)cc3)n2)nc1.CCOC(=O)c1cnc(NCCNc2ccc([N+](=O)[O-])c(NCc3ccccc3)n2)nc1-c1ccc(C#N)cc1.N#Cc1ccc(-c2nc(NCCNc3ccc(C(=O)N4CCOCC4)cn3)ncc2C(=O)O)cc1.N#Cc1ccc(-c2nc(NCCNc3ccc([N+](=O)[O-])cn3)ncc2[N+](=O)[O-])cc1. The van der Waals surface area contributed by atoms with Crippen molar-refractivity contribution in [3.63, 3.8) is 0 Å². The van der Waals surface area contributed by atoms with Gasteiger partial charge < -0.3 is 77.4 Å². The van der Waals surface area contributed by atoms with Crippen molar-refractivity contribution in [3.05, 3.63) is 305 Å². The van der Waals surface area contributed by atoms with Gasteiger partial charge in [-0.05, 0) is 111 Å². The number of aromatic carboxylic acids is 1. The third-order valence-corrected chi connectivity index (χ3v) is 19.6. The van der Waals surface area contributed by atoms with Gasteiger partial charge in [-0.3, -0.25) is 39.9 Å². The Morgan fingerprint density at radius 3 is 1.17 bits per heavy atom. The highest BCUT2D eigenvalue weighted by molar-refractivity contribution is 5.98. The third-order valence-electron chi connectivity index (χ3n) is 19.6. The molecular weight excluding hydrogens is 1790 g/mol. The van der Waals surface area contributed by atoms with Gasteiger partial charge in [0.2, 0.25) is 29.6 Å². The van der Waals surface area contributed by atoms with Crippen molar-refractivity contribution in [2.45, 2.75) is 27.3 Å². The zero-order valence-corrected chi connectivity index (χ0v) is 74.7. The Labute approximate surface area is 793 Å². The number of aromatic nitrogens is 12. The monoisotopic (exact) mass is 1880 g/mol. The average Bonchev–Trinajstić information content (AvgIpc) is 0.834. The zero-order chi connectivity index (χ0) is 98.8. The summed E-state index contributed by atoms with van der Waals surface area (Å²) in [5.74, 6) is 1.00. The fraction of sp³-hybridized carbons (Fsp3) is 0.202. The van der Waals surface area contributed by atoms with Gasteiger partial charge in [-0.1, -0.05) is 78.9 Å². The first-order valence-electron chi connectivity index (χ1n) is 42.8. The van der Waals surface area contributed by atoms with Crippen LogP contribution in [0.25, 0.3) is 45.0 Å².